The molecule has 2 rings (SSSR count). The monoisotopic (exact) mass is 272 g/mol. The molecule has 0 spiro atoms. The van der Waals surface area contributed by atoms with Gasteiger partial charge in [-0.2, -0.15) is 0 Å². The van der Waals surface area contributed by atoms with E-state index < -0.39 is 0 Å². The van der Waals surface area contributed by atoms with Gasteiger partial charge in [-0.3, -0.25) is 4.98 Å². The minimum absolute atomic E-state index is 0.409. The van der Waals surface area contributed by atoms with Crippen LogP contribution in [0.2, 0.25) is 0 Å². The van der Waals surface area contributed by atoms with E-state index in [9.17, 15) is 0 Å². The van der Waals surface area contributed by atoms with Crippen LogP contribution >= 0.6 is 0 Å². The second-order valence-corrected chi connectivity index (χ2v) is 5.47. The van der Waals surface area contributed by atoms with E-state index in [0.29, 0.717) is 6.04 Å². The molecule has 0 saturated heterocycles. The molecular formula is C16H24N4. The third-order valence-electron chi connectivity index (χ3n) is 3.62. The number of anilines is 2. The molecule has 0 aliphatic carbocycles. The molecule has 2 aromatic rings. The highest BCUT2D eigenvalue weighted by Crippen LogP contribution is 2.31. The normalized spacial score (nSPS) is 12.8. The molecule has 1 aromatic heterocycles. The number of rotatable bonds is 5. The van der Waals surface area contributed by atoms with Gasteiger partial charge in [0.2, 0.25) is 0 Å². The maximum Gasteiger partial charge on any atom is 0.0724 e. The maximum absolute atomic E-state index is 6.37. The number of aromatic nitrogens is 1. The first-order valence-electron chi connectivity index (χ1n) is 7.09. The Morgan fingerprint density at radius 3 is 2.65 bits per heavy atom. The Balaban J connectivity index is 2.42. The molecule has 4 heteroatoms. The summed E-state index contributed by atoms with van der Waals surface area (Å²) >= 11 is 0. The highest BCUT2D eigenvalue weighted by atomic mass is 15.2. The molecule has 0 bridgehead atoms. The van der Waals surface area contributed by atoms with E-state index in [1.165, 1.54) is 0 Å². The Hall–Kier alpha value is -1.81. The standard InChI is InChI=1S/C16H24N4/c1-5-20(12(2)11-19(3)4)15-9-8-14-13(16(15)17)7-6-10-18-14/h6-10,12H,5,11,17H2,1-4H3. The molecule has 1 unspecified atom stereocenters. The van der Waals surface area contributed by atoms with Gasteiger partial charge in [-0.25, -0.2) is 0 Å². The van der Waals surface area contributed by atoms with Crippen molar-refractivity contribution >= 4 is 22.3 Å². The van der Waals surface area contributed by atoms with E-state index in [1.807, 2.05) is 18.2 Å². The van der Waals surface area contributed by atoms with E-state index in [2.05, 4.69) is 48.8 Å². The van der Waals surface area contributed by atoms with Crippen LogP contribution in [0.1, 0.15) is 13.8 Å². The van der Waals surface area contributed by atoms with Crippen molar-refractivity contribution in [3.8, 4) is 0 Å². The Morgan fingerprint density at radius 1 is 1.25 bits per heavy atom. The lowest BCUT2D eigenvalue weighted by molar-refractivity contribution is 0.373. The minimum atomic E-state index is 0.409. The summed E-state index contributed by atoms with van der Waals surface area (Å²) in [7, 11) is 4.19. The molecule has 0 saturated carbocycles. The smallest absolute Gasteiger partial charge is 0.0724 e. The summed E-state index contributed by atoms with van der Waals surface area (Å²) in [4.78, 5) is 8.90. The lowest BCUT2D eigenvalue weighted by atomic mass is 10.1. The van der Waals surface area contributed by atoms with Crippen molar-refractivity contribution in [3.05, 3.63) is 30.5 Å². The number of nitrogens with zero attached hydrogens (tertiary/aromatic N) is 3. The van der Waals surface area contributed by atoms with Gasteiger partial charge in [0.15, 0.2) is 0 Å². The van der Waals surface area contributed by atoms with Crippen LogP contribution in [0.25, 0.3) is 10.9 Å². The quantitative estimate of drug-likeness (QED) is 0.850. The second-order valence-electron chi connectivity index (χ2n) is 5.47. The number of likely N-dealkylation sites (N-methyl/N-ethyl adjacent to an activating group) is 2. The first kappa shape index (κ1) is 14.6. The summed E-state index contributed by atoms with van der Waals surface area (Å²) in [5, 5.41) is 1.03. The van der Waals surface area contributed by atoms with Gasteiger partial charge in [-0.1, -0.05) is 0 Å². The fourth-order valence-electron chi connectivity index (χ4n) is 2.76. The van der Waals surface area contributed by atoms with E-state index in [0.717, 1.165) is 35.4 Å². The van der Waals surface area contributed by atoms with E-state index in [4.69, 9.17) is 5.73 Å². The Labute approximate surface area is 121 Å². The van der Waals surface area contributed by atoms with E-state index in [1.54, 1.807) is 6.20 Å². The summed E-state index contributed by atoms with van der Waals surface area (Å²) in [6, 6.07) is 8.51. The first-order valence-corrected chi connectivity index (χ1v) is 7.09. The maximum atomic E-state index is 6.37. The van der Waals surface area contributed by atoms with Gasteiger partial charge in [0, 0.05) is 30.7 Å². The van der Waals surface area contributed by atoms with Crippen LogP contribution in [-0.4, -0.2) is 43.1 Å². The van der Waals surface area contributed by atoms with Crippen molar-refractivity contribution in [1.82, 2.24) is 9.88 Å². The minimum Gasteiger partial charge on any atom is -0.396 e. The van der Waals surface area contributed by atoms with Gasteiger partial charge >= 0.3 is 0 Å². The van der Waals surface area contributed by atoms with Crippen LogP contribution in [0.5, 0.6) is 0 Å². The highest BCUT2D eigenvalue weighted by molar-refractivity contribution is 5.97. The fraction of sp³-hybridized carbons (Fsp3) is 0.438. The molecule has 0 fully saturated rings. The Morgan fingerprint density at radius 2 is 2.00 bits per heavy atom. The summed E-state index contributed by atoms with van der Waals surface area (Å²) < 4.78 is 0. The van der Waals surface area contributed by atoms with Crippen LogP contribution in [0.4, 0.5) is 11.4 Å². The van der Waals surface area contributed by atoms with Crippen molar-refractivity contribution in [2.24, 2.45) is 0 Å². The van der Waals surface area contributed by atoms with E-state index in [-0.39, 0.29) is 0 Å². The van der Waals surface area contributed by atoms with Gasteiger partial charge in [-0.15, -0.1) is 0 Å². The van der Waals surface area contributed by atoms with Crippen molar-refractivity contribution < 1.29 is 0 Å². The molecular weight excluding hydrogens is 248 g/mol. The zero-order valence-corrected chi connectivity index (χ0v) is 12.8. The van der Waals surface area contributed by atoms with Gasteiger partial charge in [0.25, 0.3) is 0 Å². The number of nitrogen functional groups attached to an aromatic ring is 1. The number of fused-ring (bicyclic) bond motifs is 1. The summed E-state index contributed by atoms with van der Waals surface area (Å²) in [6.45, 7) is 6.33. The lowest BCUT2D eigenvalue weighted by Crippen LogP contribution is -2.40. The largest absolute Gasteiger partial charge is 0.396 e. The van der Waals surface area contributed by atoms with Crippen LogP contribution in [0, 0.1) is 0 Å². The van der Waals surface area contributed by atoms with Crippen molar-refractivity contribution in [1.29, 1.82) is 0 Å². The van der Waals surface area contributed by atoms with Gasteiger partial charge in [-0.05, 0) is 52.2 Å². The van der Waals surface area contributed by atoms with Gasteiger partial charge in [0.05, 0.1) is 16.9 Å². The molecule has 0 radical (unpaired) electrons. The third-order valence-corrected chi connectivity index (χ3v) is 3.62. The number of hydrogen-bond acceptors (Lipinski definition) is 4. The zero-order valence-electron chi connectivity index (χ0n) is 12.8. The SMILES string of the molecule is CCN(c1ccc2ncccc2c1N)C(C)CN(C)C. The predicted octanol–water partition coefficient (Wildman–Crippen LogP) is 2.59. The van der Waals surface area contributed by atoms with Crippen LogP contribution in [-0.2, 0) is 0 Å². The van der Waals surface area contributed by atoms with Crippen molar-refractivity contribution in [2.45, 2.75) is 19.9 Å². The van der Waals surface area contributed by atoms with Crippen molar-refractivity contribution in [3.63, 3.8) is 0 Å². The molecule has 0 aliphatic rings. The van der Waals surface area contributed by atoms with Crippen molar-refractivity contribution in [2.75, 3.05) is 37.8 Å². The number of benzene rings is 1. The molecule has 1 aromatic carbocycles. The molecule has 1 heterocycles. The second kappa shape index (κ2) is 6.09. The third kappa shape index (κ3) is 2.85. The molecule has 0 aliphatic heterocycles. The molecule has 0 amide bonds. The molecule has 2 N–H and O–H groups in total. The van der Waals surface area contributed by atoms with Crippen LogP contribution in [0.15, 0.2) is 30.5 Å². The molecule has 1 atom stereocenters. The summed E-state index contributed by atoms with van der Waals surface area (Å²) in [6.07, 6.45) is 1.80. The topological polar surface area (TPSA) is 45.4 Å². The van der Waals surface area contributed by atoms with Crippen LogP contribution in [0.3, 0.4) is 0 Å². The Bertz CT molecular complexity index is 580. The summed E-state index contributed by atoms with van der Waals surface area (Å²) in [5.74, 6) is 0. The van der Waals surface area contributed by atoms with Gasteiger partial charge < -0.3 is 15.5 Å². The number of nitrogens with two attached hydrogens (primary N) is 1. The van der Waals surface area contributed by atoms with Crippen LogP contribution < -0.4 is 10.6 Å². The fourth-order valence-corrected chi connectivity index (χ4v) is 2.76. The van der Waals surface area contributed by atoms with E-state index >= 15 is 0 Å². The summed E-state index contributed by atoms with van der Waals surface area (Å²) in [5.41, 5.74) is 9.24. The number of hydrogen-bond donors (Lipinski definition) is 1. The average molecular weight is 272 g/mol. The first-order chi connectivity index (χ1) is 9.54. The Kier molecular flexibility index (Phi) is 4.45. The molecule has 108 valence electrons. The average Bonchev–Trinajstić information content (AvgIpc) is 2.41. The predicted molar refractivity (Wildman–Crippen MR) is 87.2 cm³/mol. The molecule has 20 heavy (non-hydrogen) atoms. The highest BCUT2D eigenvalue weighted by Gasteiger charge is 2.17. The van der Waals surface area contributed by atoms with Gasteiger partial charge in [0.1, 0.15) is 0 Å². The molecule has 4 nitrogen and oxygen atoms in total. The zero-order chi connectivity index (χ0) is 14.7. The number of pyridine rings is 1. The lowest BCUT2D eigenvalue weighted by Gasteiger charge is -2.33.